The van der Waals surface area contributed by atoms with Crippen LogP contribution in [0.4, 0.5) is 0 Å². The Bertz CT molecular complexity index is 1700. The number of benzene rings is 3. The molecule has 7 rings (SSSR count). The molecule has 4 aliphatic rings. The lowest BCUT2D eigenvalue weighted by Gasteiger charge is -2.45. The first-order valence-electron chi connectivity index (χ1n) is 19.1. The monoisotopic (exact) mass is 725 g/mol. The summed E-state index contributed by atoms with van der Waals surface area (Å²) >= 11 is 6.19. The quantitative estimate of drug-likeness (QED) is 0.228. The van der Waals surface area contributed by atoms with Crippen LogP contribution >= 0.6 is 11.6 Å². The highest BCUT2D eigenvalue weighted by molar-refractivity contribution is 6.30. The molecule has 9 nitrogen and oxygen atoms in total. The first kappa shape index (κ1) is 36.6. The minimum atomic E-state index is -0.602. The second kappa shape index (κ2) is 16.1. The number of nitrogens with zero attached hydrogens (tertiary/aromatic N) is 3. The number of likely N-dealkylation sites (tertiary alicyclic amines) is 1. The molecule has 2 saturated heterocycles. The highest BCUT2D eigenvalue weighted by Gasteiger charge is 2.45. The molecule has 2 N–H and O–H groups in total. The third-order valence-electron chi connectivity index (χ3n) is 11.6. The van der Waals surface area contributed by atoms with E-state index in [1.807, 2.05) is 79.3 Å². The van der Waals surface area contributed by atoms with Gasteiger partial charge >= 0.3 is 5.97 Å². The zero-order chi connectivity index (χ0) is 36.4. The van der Waals surface area contributed by atoms with Crippen LogP contribution in [0.1, 0.15) is 75.0 Å². The number of ether oxygens (including phenoxy) is 1. The molecule has 10 heteroatoms. The van der Waals surface area contributed by atoms with Gasteiger partial charge in [0, 0.05) is 54.6 Å². The fourth-order valence-corrected chi connectivity index (χ4v) is 8.96. The van der Waals surface area contributed by atoms with Gasteiger partial charge in [-0.05, 0) is 72.7 Å². The lowest BCUT2D eigenvalue weighted by atomic mass is 9.92. The number of esters is 1. The van der Waals surface area contributed by atoms with Crippen molar-refractivity contribution in [2.75, 3.05) is 33.3 Å². The number of hydrazine groups is 1. The van der Waals surface area contributed by atoms with Crippen molar-refractivity contribution in [3.8, 4) is 11.1 Å². The number of amides is 2. The fraction of sp³-hybridized carbons (Fsp3) is 0.500. The summed E-state index contributed by atoms with van der Waals surface area (Å²) in [7, 11) is 1.92. The lowest BCUT2D eigenvalue weighted by molar-refractivity contribution is -0.157. The molecule has 2 heterocycles. The van der Waals surface area contributed by atoms with Gasteiger partial charge in [-0.2, -0.15) is 0 Å². The average Bonchev–Trinajstić information content (AvgIpc) is 3.73. The molecule has 1 saturated carbocycles. The topological polar surface area (TPSA) is 94.2 Å². The Morgan fingerprint density at radius 3 is 2.15 bits per heavy atom. The van der Waals surface area contributed by atoms with E-state index in [9.17, 15) is 14.4 Å². The van der Waals surface area contributed by atoms with Crippen LogP contribution in [0, 0.1) is 5.92 Å². The van der Waals surface area contributed by atoms with Gasteiger partial charge in [-0.25, -0.2) is 5.01 Å². The zero-order valence-electron chi connectivity index (χ0n) is 30.6. The molecule has 0 aromatic heterocycles. The molecule has 2 amide bonds. The summed E-state index contributed by atoms with van der Waals surface area (Å²) in [4.78, 5) is 45.4. The number of carbonyl (C=O) groups is 3. The summed E-state index contributed by atoms with van der Waals surface area (Å²) in [5.74, 6) is -0.329. The minimum Gasteiger partial charge on any atom is -0.463 e. The Labute approximate surface area is 313 Å². The maximum atomic E-state index is 14.1. The molecule has 2 aliphatic carbocycles. The van der Waals surface area contributed by atoms with Gasteiger partial charge in [0.15, 0.2) is 0 Å². The van der Waals surface area contributed by atoms with Crippen molar-refractivity contribution in [1.82, 2.24) is 25.6 Å². The van der Waals surface area contributed by atoms with E-state index in [1.165, 1.54) is 28.7 Å². The number of carbonyl (C=O) groups excluding carboxylic acids is 3. The van der Waals surface area contributed by atoms with Crippen molar-refractivity contribution < 1.29 is 19.1 Å². The zero-order valence-corrected chi connectivity index (χ0v) is 31.4. The molecule has 0 radical (unpaired) electrons. The Morgan fingerprint density at radius 2 is 1.52 bits per heavy atom. The Hall–Kier alpha value is -3.76. The maximum absolute atomic E-state index is 14.1. The van der Waals surface area contributed by atoms with E-state index in [4.69, 9.17) is 16.3 Å². The predicted octanol–water partition coefficient (Wildman–Crippen LogP) is 5.80. The first-order chi connectivity index (χ1) is 25.2. The van der Waals surface area contributed by atoms with E-state index in [2.05, 4.69) is 39.9 Å². The van der Waals surface area contributed by atoms with Crippen molar-refractivity contribution in [2.45, 2.75) is 94.9 Å². The smallest absolute Gasteiger partial charge is 0.325 e. The van der Waals surface area contributed by atoms with Gasteiger partial charge in [0.1, 0.15) is 12.6 Å². The second-order valence-corrected chi connectivity index (χ2v) is 15.9. The fourth-order valence-electron chi connectivity index (χ4n) is 8.83. The van der Waals surface area contributed by atoms with Crippen LogP contribution in [0.25, 0.3) is 11.1 Å². The van der Waals surface area contributed by atoms with Crippen molar-refractivity contribution >= 4 is 29.4 Å². The summed E-state index contributed by atoms with van der Waals surface area (Å²) in [5.41, 5.74) is 8.88. The third kappa shape index (κ3) is 7.79. The number of hydrogen-bond donors (Lipinski definition) is 2. The Balaban J connectivity index is 1.02. The van der Waals surface area contributed by atoms with Crippen molar-refractivity contribution in [3.63, 3.8) is 0 Å². The molecule has 4 atom stereocenters. The van der Waals surface area contributed by atoms with Crippen LogP contribution in [0.5, 0.6) is 0 Å². The van der Waals surface area contributed by atoms with Crippen molar-refractivity contribution in [2.24, 2.45) is 5.92 Å². The van der Waals surface area contributed by atoms with Gasteiger partial charge in [-0.3, -0.25) is 30.0 Å². The average molecular weight is 726 g/mol. The number of hydrogen-bond acceptors (Lipinski definition) is 7. The Kier molecular flexibility index (Phi) is 11.3. The van der Waals surface area contributed by atoms with E-state index in [0.717, 1.165) is 37.7 Å². The number of nitrogens with one attached hydrogen (secondary N) is 2. The summed E-state index contributed by atoms with van der Waals surface area (Å²) in [5, 5.41) is 6.16. The number of rotatable bonds is 12. The second-order valence-electron chi connectivity index (χ2n) is 15.5. The highest BCUT2D eigenvalue weighted by atomic mass is 35.5. The van der Waals surface area contributed by atoms with Crippen molar-refractivity contribution in [3.05, 3.63) is 94.5 Å². The summed E-state index contributed by atoms with van der Waals surface area (Å²) in [6, 6.07) is 23.1. The predicted molar refractivity (Wildman–Crippen MR) is 204 cm³/mol. The summed E-state index contributed by atoms with van der Waals surface area (Å²) in [6.07, 6.45) is 6.90. The van der Waals surface area contributed by atoms with E-state index < -0.39 is 12.1 Å². The SMILES string of the molecule is CC(C)C(=O)N(C1CCCCC1)[C@H]1CCN(NC(=O)[C@@H](Cc2ccc(Cl)cc2)NC2CN(C)C2C(=O)OCC2c3ccccc3-c3ccccc32)C1. The highest BCUT2D eigenvalue weighted by Crippen LogP contribution is 2.44. The molecule has 52 heavy (non-hydrogen) atoms. The molecule has 3 aromatic rings. The van der Waals surface area contributed by atoms with Gasteiger partial charge < -0.3 is 9.64 Å². The molecular formula is C42H52ClN5O4. The van der Waals surface area contributed by atoms with E-state index >= 15 is 0 Å². The van der Waals surface area contributed by atoms with Crippen LogP contribution in [0.15, 0.2) is 72.8 Å². The molecule has 3 fully saturated rings. The molecule has 0 bridgehead atoms. The van der Waals surface area contributed by atoms with Crippen LogP contribution in [0.2, 0.25) is 5.02 Å². The molecule has 276 valence electrons. The third-order valence-corrected chi connectivity index (χ3v) is 11.8. The van der Waals surface area contributed by atoms with Gasteiger partial charge in [-0.1, -0.05) is 105 Å². The van der Waals surface area contributed by atoms with Crippen LogP contribution in [-0.4, -0.2) is 96.1 Å². The lowest BCUT2D eigenvalue weighted by Crippen LogP contribution is -2.70. The summed E-state index contributed by atoms with van der Waals surface area (Å²) in [6.45, 7) is 6.10. The molecule has 2 unspecified atom stereocenters. The maximum Gasteiger partial charge on any atom is 0.325 e. The van der Waals surface area contributed by atoms with Crippen LogP contribution in [-0.2, 0) is 25.5 Å². The van der Waals surface area contributed by atoms with Gasteiger partial charge in [0.2, 0.25) is 5.91 Å². The molecule has 2 aliphatic heterocycles. The standard InChI is InChI=1S/C42H52ClN5O4/c1-27(2)41(50)48(30-11-5-4-6-12-30)31-21-22-47(24-31)45-40(49)37(23-28-17-19-29(43)20-18-28)44-38-25-46(3)39(38)42(51)52-26-36-34-15-9-7-13-32(34)33-14-8-10-16-35(33)36/h7-10,13-20,27,30-31,36-39,44H,4-6,11-12,21-26H2,1-3H3,(H,45,49)/t31-,37+,38?,39?/m0/s1. The van der Waals surface area contributed by atoms with E-state index in [1.54, 1.807) is 0 Å². The first-order valence-corrected chi connectivity index (χ1v) is 19.5. The molecule has 3 aromatic carbocycles. The number of likely N-dealkylation sites (N-methyl/N-ethyl adjacent to an activating group) is 1. The largest absolute Gasteiger partial charge is 0.463 e. The van der Waals surface area contributed by atoms with Crippen molar-refractivity contribution in [1.29, 1.82) is 0 Å². The van der Waals surface area contributed by atoms with E-state index in [-0.39, 0.29) is 54.4 Å². The number of fused-ring (bicyclic) bond motifs is 3. The van der Waals surface area contributed by atoms with E-state index in [0.29, 0.717) is 31.1 Å². The normalized spacial score (nSPS) is 22.8. The molecular weight excluding hydrogens is 674 g/mol. The molecule has 0 spiro atoms. The Morgan fingerprint density at radius 1 is 0.865 bits per heavy atom. The van der Waals surface area contributed by atoms with Crippen LogP contribution < -0.4 is 10.7 Å². The summed E-state index contributed by atoms with van der Waals surface area (Å²) < 4.78 is 6.07. The minimum absolute atomic E-state index is 0.0225. The van der Waals surface area contributed by atoms with Gasteiger partial charge in [-0.15, -0.1) is 0 Å². The van der Waals surface area contributed by atoms with Crippen LogP contribution in [0.3, 0.4) is 0 Å². The van der Waals surface area contributed by atoms with Gasteiger partial charge in [0.25, 0.3) is 5.91 Å². The van der Waals surface area contributed by atoms with Gasteiger partial charge in [0.05, 0.1) is 6.04 Å². The number of halogens is 1.